The van der Waals surface area contributed by atoms with E-state index in [2.05, 4.69) is 0 Å². The van der Waals surface area contributed by atoms with Gasteiger partial charge in [-0.1, -0.05) is 17.7 Å². The van der Waals surface area contributed by atoms with Gasteiger partial charge in [0.25, 0.3) is 0 Å². The second-order valence-corrected chi connectivity index (χ2v) is 4.01. The van der Waals surface area contributed by atoms with Crippen molar-refractivity contribution in [1.29, 1.82) is 0 Å². The number of aliphatic hydroxyl groups is 1. The third-order valence-corrected chi connectivity index (χ3v) is 2.87. The van der Waals surface area contributed by atoms with Crippen molar-refractivity contribution in [3.05, 3.63) is 22.7 Å². The predicted molar refractivity (Wildman–Crippen MR) is 61.1 cm³/mol. The molecule has 16 heavy (non-hydrogen) atoms. The minimum atomic E-state index is -0.496. The standard InChI is InChI=1S/C11H14ClNO3/c12-10-7(8(13)6-14)2-3-9-11(10)16-5-1-4-15-9/h2-3,8,14H,1,4-6,13H2. The molecule has 1 aliphatic rings. The van der Waals surface area contributed by atoms with E-state index in [1.54, 1.807) is 12.1 Å². The van der Waals surface area contributed by atoms with Gasteiger partial charge in [-0.15, -0.1) is 0 Å². The van der Waals surface area contributed by atoms with Gasteiger partial charge in [-0.25, -0.2) is 0 Å². The van der Waals surface area contributed by atoms with Crippen LogP contribution in [0.1, 0.15) is 18.0 Å². The highest BCUT2D eigenvalue weighted by Crippen LogP contribution is 2.40. The molecule has 88 valence electrons. The van der Waals surface area contributed by atoms with Crippen LogP contribution in [0.5, 0.6) is 11.5 Å². The quantitative estimate of drug-likeness (QED) is 0.826. The fourth-order valence-electron chi connectivity index (χ4n) is 1.60. The van der Waals surface area contributed by atoms with Crippen molar-refractivity contribution in [3.8, 4) is 11.5 Å². The van der Waals surface area contributed by atoms with Crippen LogP contribution in [0.25, 0.3) is 0 Å². The largest absolute Gasteiger partial charge is 0.490 e. The lowest BCUT2D eigenvalue weighted by Gasteiger charge is -2.15. The van der Waals surface area contributed by atoms with Gasteiger partial charge in [0.05, 0.1) is 30.9 Å². The minimum absolute atomic E-state index is 0.153. The summed E-state index contributed by atoms with van der Waals surface area (Å²) >= 11 is 6.18. The Morgan fingerprint density at radius 1 is 1.38 bits per heavy atom. The lowest BCUT2D eigenvalue weighted by molar-refractivity contribution is 0.267. The van der Waals surface area contributed by atoms with Crippen molar-refractivity contribution in [2.45, 2.75) is 12.5 Å². The molecule has 0 aliphatic carbocycles. The molecule has 1 aliphatic heterocycles. The van der Waals surface area contributed by atoms with Crippen LogP contribution in [0.2, 0.25) is 5.02 Å². The number of halogens is 1. The second kappa shape index (κ2) is 4.91. The Balaban J connectivity index is 2.41. The van der Waals surface area contributed by atoms with Crippen molar-refractivity contribution in [2.75, 3.05) is 19.8 Å². The molecule has 0 spiro atoms. The molecule has 1 heterocycles. The summed E-state index contributed by atoms with van der Waals surface area (Å²) in [5.41, 5.74) is 6.41. The van der Waals surface area contributed by atoms with Crippen LogP contribution < -0.4 is 15.2 Å². The van der Waals surface area contributed by atoms with Crippen LogP contribution in [-0.4, -0.2) is 24.9 Å². The van der Waals surface area contributed by atoms with Crippen LogP contribution in [0.15, 0.2) is 12.1 Å². The molecule has 1 aromatic carbocycles. The van der Waals surface area contributed by atoms with Gasteiger partial charge in [-0.3, -0.25) is 0 Å². The first-order valence-corrected chi connectivity index (χ1v) is 5.56. The first-order valence-electron chi connectivity index (χ1n) is 5.18. The Morgan fingerprint density at radius 3 is 2.88 bits per heavy atom. The zero-order valence-electron chi connectivity index (χ0n) is 8.78. The van der Waals surface area contributed by atoms with Gasteiger partial charge < -0.3 is 20.3 Å². The number of fused-ring (bicyclic) bond motifs is 1. The van der Waals surface area contributed by atoms with Gasteiger partial charge >= 0.3 is 0 Å². The van der Waals surface area contributed by atoms with E-state index in [-0.39, 0.29) is 6.61 Å². The number of nitrogens with two attached hydrogens (primary N) is 1. The molecule has 3 N–H and O–H groups in total. The lowest BCUT2D eigenvalue weighted by atomic mass is 10.1. The molecule has 5 heteroatoms. The van der Waals surface area contributed by atoms with Crippen molar-refractivity contribution < 1.29 is 14.6 Å². The molecule has 4 nitrogen and oxygen atoms in total. The Labute approximate surface area is 98.9 Å². The first kappa shape index (κ1) is 11.5. The maximum absolute atomic E-state index is 9.02. The van der Waals surface area contributed by atoms with E-state index >= 15 is 0 Å². The monoisotopic (exact) mass is 243 g/mol. The molecule has 0 amide bonds. The molecule has 1 aromatic rings. The van der Waals surface area contributed by atoms with Gasteiger partial charge in [0.2, 0.25) is 0 Å². The van der Waals surface area contributed by atoms with Crippen molar-refractivity contribution >= 4 is 11.6 Å². The van der Waals surface area contributed by atoms with Crippen LogP contribution in [0, 0.1) is 0 Å². The molecular weight excluding hydrogens is 230 g/mol. The van der Waals surface area contributed by atoms with E-state index < -0.39 is 6.04 Å². The number of rotatable bonds is 2. The third-order valence-electron chi connectivity index (χ3n) is 2.48. The molecule has 0 saturated carbocycles. The topological polar surface area (TPSA) is 64.7 Å². The molecule has 0 saturated heterocycles. The fraction of sp³-hybridized carbons (Fsp3) is 0.455. The Bertz CT molecular complexity index is 384. The smallest absolute Gasteiger partial charge is 0.180 e. The maximum atomic E-state index is 9.02. The van der Waals surface area contributed by atoms with E-state index in [1.165, 1.54) is 0 Å². The molecule has 0 aromatic heterocycles. The van der Waals surface area contributed by atoms with Gasteiger partial charge in [-0.05, 0) is 11.6 Å². The van der Waals surface area contributed by atoms with Gasteiger partial charge in [0.1, 0.15) is 0 Å². The maximum Gasteiger partial charge on any atom is 0.180 e. The van der Waals surface area contributed by atoms with Crippen LogP contribution in [0.3, 0.4) is 0 Å². The molecule has 0 radical (unpaired) electrons. The highest BCUT2D eigenvalue weighted by atomic mass is 35.5. The van der Waals surface area contributed by atoms with Crippen LogP contribution in [0.4, 0.5) is 0 Å². The van der Waals surface area contributed by atoms with Gasteiger partial charge in [0, 0.05) is 6.42 Å². The molecule has 1 unspecified atom stereocenters. The summed E-state index contributed by atoms with van der Waals surface area (Å²) in [6.45, 7) is 1.04. The Kier molecular flexibility index (Phi) is 3.53. The highest BCUT2D eigenvalue weighted by Gasteiger charge is 2.19. The zero-order chi connectivity index (χ0) is 11.5. The number of hydrogen-bond donors (Lipinski definition) is 2. The van der Waals surface area contributed by atoms with E-state index in [0.717, 1.165) is 6.42 Å². The first-order chi connectivity index (χ1) is 7.74. The summed E-state index contributed by atoms with van der Waals surface area (Å²) in [6.07, 6.45) is 0.826. The van der Waals surface area contributed by atoms with E-state index in [0.29, 0.717) is 35.3 Å². The number of benzene rings is 1. The lowest BCUT2D eigenvalue weighted by Crippen LogP contribution is -2.15. The van der Waals surface area contributed by atoms with Gasteiger partial charge in [0.15, 0.2) is 11.5 Å². The molecular formula is C11H14ClNO3. The van der Waals surface area contributed by atoms with Gasteiger partial charge in [-0.2, -0.15) is 0 Å². The average molecular weight is 244 g/mol. The van der Waals surface area contributed by atoms with Crippen molar-refractivity contribution in [1.82, 2.24) is 0 Å². The Hall–Kier alpha value is -0.970. The second-order valence-electron chi connectivity index (χ2n) is 3.64. The third kappa shape index (κ3) is 2.09. The minimum Gasteiger partial charge on any atom is -0.490 e. The summed E-state index contributed by atoms with van der Waals surface area (Å²) < 4.78 is 11.0. The number of aliphatic hydroxyl groups excluding tert-OH is 1. The van der Waals surface area contributed by atoms with E-state index in [9.17, 15) is 0 Å². The normalized spacial score (nSPS) is 16.7. The predicted octanol–water partition coefficient (Wildman–Crippen LogP) is 1.49. The highest BCUT2D eigenvalue weighted by molar-refractivity contribution is 6.33. The van der Waals surface area contributed by atoms with E-state index in [1.807, 2.05) is 0 Å². The SMILES string of the molecule is NC(CO)c1ccc2c(c1Cl)OCCCO2. The molecule has 0 fully saturated rings. The molecule has 1 atom stereocenters. The van der Waals surface area contributed by atoms with Crippen LogP contribution >= 0.6 is 11.6 Å². The van der Waals surface area contributed by atoms with Crippen molar-refractivity contribution in [2.24, 2.45) is 5.73 Å². The fourth-order valence-corrected chi connectivity index (χ4v) is 1.95. The summed E-state index contributed by atoms with van der Waals surface area (Å²) in [7, 11) is 0. The molecule has 0 bridgehead atoms. The van der Waals surface area contributed by atoms with E-state index in [4.69, 9.17) is 31.9 Å². The Morgan fingerprint density at radius 2 is 2.12 bits per heavy atom. The van der Waals surface area contributed by atoms with Crippen LogP contribution in [-0.2, 0) is 0 Å². The number of ether oxygens (including phenoxy) is 2. The summed E-state index contributed by atoms with van der Waals surface area (Å²) in [4.78, 5) is 0. The molecule has 2 rings (SSSR count). The summed E-state index contributed by atoms with van der Waals surface area (Å²) in [5, 5.41) is 9.45. The average Bonchev–Trinajstić information content (AvgIpc) is 2.54. The summed E-state index contributed by atoms with van der Waals surface area (Å²) in [5.74, 6) is 1.16. The number of hydrogen-bond acceptors (Lipinski definition) is 4. The zero-order valence-corrected chi connectivity index (χ0v) is 9.54. The van der Waals surface area contributed by atoms with Crippen molar-refractivity contribution in [3.63, 3.8) is 0 Å². The summed E-state index contributed by atoms with van der Waals surface area (Å²) in [6, 6.07) is 3.04.